The summed E-state index contributed by atoms with van der Waals surface area (Å²) >= 11 is 0. The van der Waals surface area contributed by atoms with Crippen molar-refractivity contribution in [3.05, 3.63) is 48.3 Å². The van der Waals surface area contributed by atoms with E-state index in [1.165, 1.54) is 18.4 Å². The zero-order valence-corrected chi connectivity index (χ0v) is 14.7. The van der Waals surface area contributed by atoms with E-state index in [0.717, 1.165) is 44.5 Å². The van der Waals surface area contributed by atoms with E-state index in [1.807, 2.05) is 24.0 Å². The fourth-order valence-electron chi connectivity index (χ4n) is 3.83. The topological polar surface area (TPSA) is 54.7 Å². The third-order valence-corrected chi connectivity index (χ3v) is 5.26. The minimum absolute atomic E-state index is 0.345. The Kier molecular flexibility index (Phi) is 4.44. The second kappa shape index (κ2) is 6.88. The molecule has 1 N–H and O–H groups in total. The van der Waals surface area contributed by atoms with Gasteiger partial charge in [-0.15, -0.1) is 0 Å². The fourth-order valence-corrected chi connectivity index (χ4v) is 3.83. The first-order chi connectivity index (χ1) is 12.3. The molecule has 132 valence electrons. The van der Waals surface area contributed by atoms with Gasteiger partial charge in [0.05, 0.1) is 12.3 Å². The fraction of sp³-hybridized carbons (Fsp3) is 0.474. The number of likely N-dealkylation sites (tertiary alicyclic amines) is 1. The van der Waals surface area contributed by atoms with Crippen molar-refractivity contribution in [1.29, 1.82) is 0 Å². The summed E-state index contributed by atoms with van der Waals surface area (Å²) in [6, 6.07) is 10.4. The maximum absolute atomic E-state index is 5.63. The summed E-state index contributed by atoms with van der Waals surface area (Å²) < 4.78 is 7.50. The highest BCUT2D eigenvalue weighted by Crippen LogP contribution is 2.38. The van der Waals surface area contributed by atoms with E-state index < -0.39 is 0 Å². The third-order valence-electron chi connectivity index (χ3n) is 5.26. The van der Waals surface area contributed by atoms with Gasteiger partial charge < -0.3 is 15.0 Å². The predicted molar refractivity (Wildman–Crippen MR) is 97.8 cm³/mol. The van der Waals surface area contributed by atoms with Gasteiger partial charge in [-0.3, -0.25) is 4.99 Å². The molecule has 2 saturated heterocycles. The van der Waals surface area contributed by atoms with Crippen LogP contribution in [0.5, 0.6) is 0 Å². The van der Waals surface area contributed by atoms with Crippen LogP contribution in [0, 0.1) is 5.41 Å². The van der Waals surface area contributed by atoms with Gasteiger partial charge in [0.25, 0.3) is 0 Å². The summed E-state index contributed by atoms with van der Waals surface area (Å²) in [5, 5.41) is 7.81. The van der Waals surface area contributed by atoms with Gasteiger partial charge in [0.1, 0.15) is 0 Å². The molecular formula is C19H25N5O. The average Bonchev–Trinajstić information content (AvgIpc) is 3.40. The van der Waals surface area contributed by atoms with E-state index in [-0.39, 0.29) is 0 Å². The monoisotopic (exact) mass is 339 g/mol. The Balaban J connectivity index is 1.39. The lowest BCUT2D eigenvalue weighted by Gasteiger charge is -2.25. The lowest BCUT2D eigenvalue weighted by Crippen LogP contribution is -2.41. The number of aromatic nitrogens is 2. The molecule has 0 saturated carbocycles. The van der Waals surface area contributed by atoms with Gasteiger partial charge >= 0.3 is 0 Å². The van der Waals surface area contributed by atoms with Crippen LogP contribution in [0.15, 0.2) is 47.7 Å². The molecule has 0 radical (unpaired) electrons. The first-order valence-corrected chi connectivity index (χ1v) is 8.90. The van der Waals surface area contributed by atoms with Crippen LogP contribution >= 0.6 is 0 Å². The quantitative estimate of drug-likeness (QED) is 0.687. The Morgan fingerprint density at radius 2 is 2.32 bits per heavy atom. The molecule has 0 amide bonds. The van der Waals surface area contributed by atoms with E-state index in [2.05, 4.69) is 44.6 Å². The number of benzene rings is 1. The number of hydrogen-bond donors (Lipinski definition) is 1. The van der Waals surface area contributed by atoms with E-state index in [1.54, 1.807) is 6.20 Å². The summed E-state index contributed by atoms with van der Waals surface area (Å²) in [4.78, 5) is 6.85. The minimum atomic E-state index is 0.345. The zero-order valence-electron chi connectivity index (χ0n) is 14.7. The van der Waals surface area contributed by atoms with Gasteiger partial charge in [-0.2, -0.15) is 5.10 Å². The molecule has 1 spiro atoms. The first kappa shape index (κ1) is 16.1. The Bertz CT molecular complexity index is 734. The Morgan fingerprint density at radius 3 is 3.08 bits per heavy atom. The largest absolute Gasteiger partial charge is 0.381 e. The van der Waals surface area contributed by atoms with Gasteiger partial charge in [0.15, 0.2) is 5.96 Å². The van der Waals surface area contributed by atoms with Crippen molar-refractivity contribution in [2.24, 2.45) is 10.4 Å². The number of rotatable bonds is 3. The van der Waals surface area contributed by atoms with Crippen LogP contribution in [0.4, 0.5) is 0 Å². The molecule has 4 rings (SSSR count). The second-order valence-electron chi connectivity index (χ2n) is 7.00. The standard InChI is InChI=1S/C19H25N5O/c1-20-18(23-10-6-19(14-23)7-11-25-15-19)21-13-16-4-2-5-17(12-16)24-9-3-8-22-24/h2-5,8-9,12H,6-7,10-11,13-15H2,1H3,(H,20,21). The van der Waals surface area contributed by atoms with Crippen molar-refractivity contribution in [3.63, 3.8) is 0 Å². The SMILES string of the molecule is CN=C(NCc1cccc(-n2cccn2)c1)N1CCC2(CCOC2)C1. The average molecular weight is 339 g/mol. The molecule has 1 aromatic heterocycles. The second-order valence-corrected chi connectivity index (χ2v) is 7.00. The molecule has 6 heteroatoms. The number of guanidine groups is 1. The molecule has 1 atom stereocenters. The van der Waals surface area contributed by atoms with Gasteiger partial charge in [0.2, 0.25) is 0 Å². The highest BCUT2D eigenvalue weighted by molar-refractivity contribution is 5.80. The Morgan fingerprint density at radius 1 is 1.36 bits per heavy atom. The number of hydrogen-bond acceptors (Lipinski definition) is 3. The minimum Gasteiger partial charge on any atom is -0.381 e. The van der Waals surface area contributed by atoms with Crippen molar-refractivity contribution in [2.45, 2.75) is 19.4 Å². The van der Waals surface area contributed by atoms with Gasteiger partial charge in [-0.25, -0.2) is 4.68 Å². The van der Waals surface area contributed by atoms with E-state index >= 15 is 0 Å². The lowest BCUT2D eigenvalue weighted by atomic mass is 9.87. The Labute approximate surface area is 148 Å². The number of ether oxygens (including phenoxy) is 1. The maximum Gasteiger partial charge on any atom is 0.193 e. The van der Waals surface area contributed by atoms with Crippen LogP contribution in [-0.4, -0.2) is 54.0 Å². The number of aliphatic imine (C=N–C) groups is 1. The molecule has 2 aromatic rings. The summed E-state index contributed by atoms with van der Waals surface area (Å²) in [7, 11) is 1.86. The van der Waals surface area contributed by atoms with Crippen LogP contribution in [0.1, 0.15) is 18.4 Å². The van der Waals surface area contributed by atoms with E-state index in [4.69, 9.17) is 4.74 Å². The normalized spacial score (nSPS) is 23.6. The number of nitrogens with zero attached hydrogens (tertiary/aromatic N) is 4. The zero-order chi connectivity index (χ0) is 17.1. The Hall–Kier alpha value is -2.34. The molecule has 0 aliphatic carbocycles. The molecule has 6 nitrogen and oxygen atoms in total. The predicted octanol–water partition coefficient (Wildman–Crippen LogP) is 2.06. The van der Waals surface area contributed by atoms with E-state index in [0.29, 0.717) is 5.41 Å². The highest BCUT2D eigenvalue weighted by atomic mass is 16.5. The highest BCUT2D eigenvalue weighted by Gasteiger charge is 2.42. The van der Waals surface area contributed by atoms with Crippen molar-refractivity contribution in [2.75, 3.05) is 33.4 Å². The van der Waals surface area contributed by atoms with Crippen LogP contribution in [0.2, 0.25) is 0 Å². The summed E-state index contributed by atoms with van der Waals surface area (Å²) in [5.74, 6) is 0.980. The van der Waals surface area contributed by atoms with Gasteiger partial charge in [-0.05, 0) is 36.6 Å². The van der Waals surface area contributed by atoms with Crippen molar-refractivity contribution in [3.8, 4) is 5.69 Å². The molecule has 25 heavy (non-hydrogen) atoms. The van der Waals surface area contributed by atoms with Gasteiger partial charge in [0, 0.05) is 51.1 Å². The van der Waals surface area contributed by atoms with Crippen molar-refractivity contribution in [1.82, 2.24) is 20.0 Å². The van der Waals surface area contributed by atoms with Crippen LogP contribution < -0.4 is 5.32 Å². The molecule has 1 unspecified atom stereocenters. The number of nitrogens with one attached hydrogen (secondary N) is 1. The molecule has 1 aromatic carbocycles. The smallest absolute Gasteiger partial charge is 0.193 e. The van der Waals surface area contributed by atoms with Crippen LogP contribution in [0.25, 0.3) is 5.69 Å². The molecule has 2 aliphatic rings. The summed E-state index contributed by atoms with van der Waals surface area (Å²) in [5.41, 5.74) is 2.63. The summed E-state index contributed by atoms with van der Waals surface area (Å²) in [6.45, 7) is 4.64. The maximum atomic E-state index is 5.63. The van der Waals surface area contributed by atoms with Crippen molar-refractivity contribution < 1.29 is 4.74 Å². The lowest BCUT2D eigenvalue weighted by molar-refractivity contribution is 0.156. The molecule has 3 heterocycles. The van der Waals surface area contributed by atoms with E-state index in [9.17, 15) is 0 Å². The molecule has 2 aliphatic heterocycles. The third kappa shape index (κ3) is 3.39. The van der Waals surface area contributed by atoms with Crippen LogP contribution in [0.3, 0.4) is 0 Å². The molecule has 2 fully saturated rings. The first-order valence-electron chi connectivity index (χ1n) is 8.90. The molecular weight excluding hydrogens is 314 g/mol. The molecule has 0 bridgehead atoms. The summed E-state index contributed by atoms with van der Waals surface area (Å²) in [6.07, 6.45) is 6.12. The van der Waals surface area contributed by atoms with Gasteiger partial charge in [-0.1, -0.05) is 12.1 Å². The van der Waals surface area contributed by atoms with Crippen molar-refractivity contribution >= 4 is 5.96 Å². The van der Waals surface area contributed by atoms with Crippen LogP contribution in [-0.2, 0) is 11.3 Å².